The van der Waals surface area contributed by atoms with Gasteiger partial charge in [0.25, 0.3) is 5.91 Å². The highest BCUT2D eigenvalue weighted by molar-refractivity contribution is 6.32. The van der Waals surface area contributed by atoms with Crippen LogP contribution in [0.15, 0.2) is 54.6 Å². The number of carbonyl (C=O) groups excluding carboxylic acids is 2. The molecule has 0 bridgehead atoms. The fourth-order valence-corrected chi connectivity index (χ4v) is 3.69. The molecule has 3 aromatic carbocycles. The Kier molecular flexibility index (Phi) is 9.04. The standard InChI is InChI=1S/C27H28Cl2N2O6/c1-15-8-20(36-13-24(32)27(2,3)35)5-6-22(15)31-25(33)14-37-23-7-4-17(28)12-21(23)26(34)16-9-18(29)11-19(30)10-16/h4-12,24,32,35H,13-14,30H2,1-3H3,(H,31,33)/t24-/m0/s1. The zero-order valence-electron chi connectivity index (χ0n) is 20.5. The summed E-state index contributed by atoms with van der Waals surface area (Å²) in [6.45, 7) is 4.30. The van der Waals surface area contributed by atoms with Gasteiger partial charge in [-0.3, -0.25) is 9.59 Å². The molecule has 3 aromatic rings. The fourth-order valence-electron chi connectivity index (χ4n) is 3.28. The minimum Gasteiger partial charge on any atom is -0.491 e. The molecule has 37 heavy (non-hydrogen) atoms. The van der Waals surface area contributed by atoms with Gasteiger partial charge in [0.05, 0.1) is 11.2 Å². The van der Waals surface area contributed by atoms with Crippen molar-refractivity contribution in [3.05, 3.63) is 81.3 Å². The maximum Gasteiger partial charge on any atom is 0.262 e. The highest BCUT2D eigenvalue weighted by Gasteiger charge is 2.25. The van der Waals surface area contributed by atoms with E-state index in [0.717, 1.165) is 0 Å². The summed E-state index contributed by atoms with van der Waals surface area (Å²) in [6, 6.07) is 14.0. The Morgan fingerprint density at radius 2 is 1.76 bits per heavy atom. The molecule has 0 saturated carbocycles. The molecule has 0 unspecified atom stereocenters. The van der Waals surface area contributed by atoms with Gasteiger partial charge in [-0.25, -0.2) is 0 Å². The van der Waals surface area contributed by atoms with Gasteiger partial charge >= 0.3 is 0 Å². The first kappa shape index (κ1) is 28.3. The van der Waals surface area contributed by atoms with Crippen molar-refractivity contribution in [2.45, 2.75) is 32.5 Å². The molecule has 8 nitrogen and oxygen atoms in total. The third-order valence-corrected chi connectivity index (χ3v) is 5.88. The first-order valence-corrected chi connectivity index (χ1v) is 12.1. The number of amides is 1. The lowest BCUT2D eigenvalue weighted by Gasteiger charge is -2.24. The van der Waals surface area contributed by atoms with Crippen LogP contribution in [-0.4, -0.2) is 46.8 Å². The van der Waals surface area contributed by atoms with Crippen LogP contribution in [0.1, 0.15) is 35.3 Å². The van der Waals surface area contributed by atoms with E-state index in [1.807, 2.05) is 0 Å². The molecule has 0 fully saturated rings. The third-order valence-electron chi connectivity index (χ3n) is 5.42. The molecule has 0 heterocycles. The predicted molar refractivity (Wildman–Crippen MR) is 144 cm³/mol. The zero-order chi connectivity index (χ0) is 27.3. The summed E-state index contributed by atoms with van der Waals surface area (Å²) in [4.78, 5) is 25.7. The number of hydrogen-bond donors (Lipinski definition) is 4. The summed E-state index contributed by atoms with van der Waals surface area (Å²) < 4.78 is 11.2. The summed E-state index contributed by atoms with van der Waals surface area (Å²) in [5.74, 6) is -0.210. The summed E-state index contributed by atoms with van der Waals surface area (Å²) in [5, 5.41) is 23.1. The van der Waals surface area contributed by atoms with Crippen molar-refractivity contribution in [1.29, 1.82) is 0 Å². The van der Waals surface area contributed by atoms with Crippen molar-refractivity contribution in [2.24, 2.45) is 0 Å². The van der Waals surface area contributed by atoms with Crippen LogP contribution < -0.4 is 20.5 Å². The molecule has 3 rings (SSSR count). The van der Waals surface area contributed by atoms with E-state index in [-0.39, 0.29) is 30.1 Å². The molecule has 0 radical (unpaired) electrons. The SMILES string of the molecule is Cc1cc(OC[C@H](O)C(C)(C)O)ccc1NC(=O)COc1ccc(Cl)cc1C(=O)c1cc(N)cc(Cl)c1. The van der Waals surface area contributed by atoms with E-state index in [9.17, 15) is 19.8 Å². The van der Waals surface area contributed by atoms with Crippen molar-refractivity contribution < 1.29 is 29.3 Å². The number of benzene rings is 3. The van der Waals surface area contributed by atoms with Gasteiger partial charge in [0.2, 0.25) is 0 Å². The van der Waals surface area contributed by atoms with Gasteiger partial charge in [-0.1, -0.05) is 23.2 Å². The van der Waals surface area contributed by atoms with Crippen LogP contribution in [0.4, 0.5) is 11.4 Å². The number of ether oxygens (including phenoxy) is 2. The van der Waals surface area contributed by atoms with E-state index in [0.29, 0.717) is 32.7 Å². The van der Waals surface area contributed by atoms with Gasteiger partial charge in [-0.15, -0.1) is 0 Å². The molecule has 1 amide bonds. The zero-order valence-corrected chi connectivity index (χ0v) is 22.1. The fraction of sp³-hybridized carbons (Fsp3) is 0.259. The summed E-state index contributed by atoms with van der Waals surface area (Å²) in [6.07, 6.45) is -1.06. The number of nitrogen functional groups attached to an aromatic ring is 1. The first-order valence-electron chi connectivity index (χ1n) is 11.3. The Balaban J connectivity index is 1.66. The average Bonchev–Trinajstić information content (AvgIpc) is 2.81. The molecule has 0 spiro atoms. The number of hydrogen-bond acceptors (Lipinski definition) is 7. The molecular formula is C27H28Cl2N2O6. The largest absolute Gasteiger partial charge is 0.491 e. The first-order chi connectivity index (χ1) is 17.3. The Hall–Kier alpha value is -3.30. The van der Waals surface area contributed by atoms with Crippen molar-refractivity contribution in [3.63, 3.8) is 0 Å². The number of aliphatic hydroxyl groups is 2. The molecule has 0 saturated heterocycles. The minimum absolute atomic E-state index is 0.0909. The molecule has 0 aliphatic rings. The number of nitrogens with two attached hydrogens (primary N) is 1. The predicted octanol–water partition coefficient (Wildman–Crippen LogP) is 4.64. The number of aryl methyl sites for hydroxylation is 1. The molecule has 5 N–H and O–H groups in total. The highest BCUT2D eigenvalue weighted by Crippen LogP contribution is 2.28. The number of halogens is 2. The van der Waals surface area contributed by atoms with E-state index < -0.39 is 23.4 Å². The van der Waals surface area contributed by atoms with E-state index >= 15 is 0 Å². The van der Waals surface area contributed by atoms with Gasteiger partial charge < -0.3 is 30.7 Å². The maximum atomic E-state index is 13.1. The Morgan fingerprint density at radius 1 is 1.03 bits per heavy atom. The molecular weight excluding hydrogens is 519 g/mol. The molecule has 0 aromatic heterocycles. The van der Waals surface area contributed by atoms with E-state index in [1.54, 1.807) is 31.2 Å². The normalized spacial score (nSPS) is 12.1. The lowest BCUT2D eigenvalue weighted by molar-refractivity contribution is -0.118. The lowest BCUT2D eigenvalue weighted by Crippen LogP contribution is -2.40. The van der Waals surface area contributed by atoms with Crippen molar-refractivity contribution in [1.82, 2.24) is 0 Å². The van der Waals surface area contributed by atoms with Crippen LogP contribution in [0.3, 0.4) is 0 Å². The van der Waals surface area contributed by atoms with Gasteiger partial charge in [-0.05, 0) is 80.9 Å². The number of nitrogens with one attached hydrogen (secondary N) is 1. The van der Waals surface area contributed by atoms with Crippen molar-refractivity contribution >= 4 is 46.3 Å². The highest BCUT2D eigenvalue weighted by atomic mass is 35.5. The monoisotopic (exact) mass is 546 g/mol. The second kappa shape index (κ2) is 11.8. The molecule has 196 valence electrons. The van der Waals surface area contributed by atoms with Crippen LogP contribution in [0, 0.1) is 6.92 Å². The Bertz CT molecular complexity index is 1290. The maximum absolute atomic E-state index is 13.1. The van der Waals surface area contributed by atoms with Crippen molar-refractivity contribution in [2.75, 3.05) is 24.3 Å². The number of anilines is 2. The summed E-state index contributed by atoms with van der Waals surface area (Å²) >= 11 is 12.1. The van der Waals surface area contributed by atoms with E-state index in [1.165, 1.54) is 44.2 Å². The molecule has 0 aliphatic heterocycles. The second-order valence-electron chi connectivity index (χ2n) is 9.04. The van der Waals surface area contributed by atoms with Crippen LogP contribution in [0.2, 0.25) is 10.0 Å². The molecule has 1 atom stereocenters. The quantitative estimate of drug-likeness (QED) is 0.215. The van der Waals surface area contributed by atoms with Crippen LogP contribution in [-0.2, 0) is 4.79 Å². The van der Waals surface area contributed by atoms with Crippen LogP contribution >= 0.6 is 23.2 Å². The number of carbonyl (C=O) groups is 2. The van der Waals surface area contributed by atoms with Gasteiger partial charge in [0, 0.05) is 27.0 Å². The van der Waals surface area contributed by atoms with Crippen molar-refractivity contribution in [3.8, 4) is 11.5 Å². The Morgan fingerprint density at radius 3 is 2.41 bits per heavy atom. The van der Waals surface area contributed by atoms with E-state index in [4.69, 9.17) is 38.4 Å². The molecule has 10 heteroatoms. The minimum atomic E-state index is -1.29. The molecule has 0 aliphatic carbocycles. The number of aliphatic hydroxyl groups excluding tert-OH is 1. The summed E-state index contributed by atoms with van der Waals surface area (Å²) in [5.41, 5.74) is 6.51. The summed E-state index contributed by atoms with van der Waals surface area (Å²) in [7, 11) is 0. The third kappa shape index (κ3) is 7.84. The smallest absolute Gasteiger partial charge is 0.262 e. The Labute approximate surface area is 224 Å². The average molecular weight is 547 g/mol. The van der Waals surface area contributed by atoms with E-state index in [2.05, 4.69) is 5.32 Å². The number of ketones is 1. The van der Waals surface area contributed by atoms with Crippen LogP contribution in [0.5, 0.6) is 11.5 Å². The number of rotatable bonds is 10. The van der Waals surface area contributed by atoms with Gasteiger partial charge in [0.15, 0.2) is 12.4 Å². The van der Waals surface area contributed by atoms with Gasteiger partial charge in [0.1, 0.15) is 24.2 Å². The van der Waals surface area contributed by atoms with Gasteiger partial charge in [-0.2, -0.15) is 0 Å². The van der Waals surface area contributed by atoms with Crippen LogP contribution in [0.25, 0.3) is 0 Å². The second-order valence-corrected chi connectivity index (χ2v) is 9.91. The topological polar surface area (TPSA) is 131 Å². The lowest BCUT2D eigenvalue weighted by atomic mass is 10.0.